The minimum absolute atomic E-state index is 0.523. The van der Waals surface area contributed by atoms with Crippen molar-refractivity contribution in [2.24, 2.45) is 17.3 Å². The molecule has 0 N–H and O–H groups in total. The molecule has 2 unspecified atom stereocenters. The van der Waals surface area contributed by atoms with Crippen LogP contribution in [0, 0.1) is 17.3 Å². The molecule has 0 saturated heterocycles. The fourth-order valence-corrected chi connectivity index (χ4v) is 7.72. The molecule has 64 heavy (non-hydrogen) atoms. The highest BCUT2D eigenvalue weighted by Crippen LogP contribution is 2.25. The second-order valence-corrected chi connectivity index (χ2v) is 21.8. The normalized spacial score (nSPS) is 11.6. The molecule has 0 heterocycles. The third-order valence-electron chi connectivity index (χ3n) is 12.7. The summed E-state index contributed by atoms with van der Waals surface area (Å²) in [6.07, 6.45) is 61.8. The first kappa shape index (κ1) is 75.3. The maximum Gasteiger partial charge on any atom is -0.0237 e. The summed E-state index contributed by atoms with van der Waals surface area (Å²) in [5, 5.41) is 0. The molecule has 2 atom stereocenters. The average Bonchev–Trinajstić information content (AvgIpc) is 3.27. The van der Waals surface area contributed by atoms with Crippen LogP contribution in [0.2, 0.25) is 0 Å². The molecule has 0 aliphatic heterocycles. The Labute approximate surface area is 414 Å². The lowest BCUT2D eigenvalue weighted by Crippen LogP contribution is -2.09. The van der Waals surface area contributed by atoms with Crippen LogP contribution in [0.15, 0.2) is 12.2 Å². The average molecular weight is 908 g/mol. The predicted molar refractivity (Wildman–Crippen MR) is 308 cm³/mol. The first-order valence-corrected chi connectivity index (χ1v) is 30.4. The van der Waals surface area contributed by atoms with Crippen LogP contribution in [0.25, 0.3) is 0 Å². The Kier molecular flexibility index (Phi) is 84.4. The number of allylic oxidation sites excluding steroid dienone is 1. The molecule has 0 aromatic carbocycles. The van der Waals surface area contributed by atoms with Crippen molar-refractivity contribution in [3.05, 3.63) is 12.2 Å². The molecule has 0 spiro atoms. The quantitative estimate of drug-likeness (QED) is 0.0425. The highest BCUT2D eigenvalue weighted by Gasteiger charge is 2.13. The van der Waals surface area contributed by atoms with E-state index in [1.54, 1.807) is 0 Å². The Bertz CT molecular complexity index is 674. The van der Waals surface area contributed by atoms with Gasteiger partial charge in [0.25, 0.3) is 0 Å². The molecule has 0 heteroatoms. The standard InChI is InChI=1S/C20H42.C19H40.C9H20.C9H18.C4H10.C3H8/c1-3-5-7-9-11-13-15-17-19-20-18-16-14-12-10-8-6-4-2;1-3-5-7-9-11-13-15-17-19-18-16-14-12-10-8-6-4-2;1-6-8(2)7-9(3,4)5;1-5-6-7-9(4)8(2)3;1-3-4-2;1-3-2/h3-20H2,1-2H3;3-19H2,1-2H3;8H,6-7H2,1-5H3;9H,2,5-7H2,1,3-4H3;3-4H2,1-2H3;3H2,1-2H3. The van der Waals surface area contributed by atoms with Crippen LogP contribution in [0.4, 0.5) is 0 Å². The van der Waals surface area contributed by atoms with Crippen LogP contribution in [-0.2, 0) is 0 Å². The van der Waals surface area contributed by atoms with Crippen LogP contribution in [0.3, 0.4) is 0 Å². The van der Waals surface area contributed by atoms with Crippen LogP contribution in [0.1, 0.15) is 387 Å². The van der Waals surface area contributed by atoms with E-state index in [0.717, 1.165) is 11.8 Å². The van der Waals surface area contributed by atoms with Gasteiger partial charge >= 0.3 is 0 Å². The molecule has 0 rings (SSSR count). The number of rotatable bonds is 40. The molecular formula is C64H138. The monoisotopic (exact) mass is 907 g/mol. The summed E-state index contributed by atoms with van der Waals surface area (Å²) < 4.78 is 0. The summed E-state index contributed by atoms with van der Waals surface area (Å²) in [7, 11) is 0. The van der Waals surface area contributed by atoms with Gasteiger partial charge in [-0.25, -0.2) is 0 Å². The van der Waals surface area contributed by atoms with E-state index in [4.69, 9.17) is 0 Å². The fourth-order valence-electron chi connectivity index (χ4n) is 7.72. The first-order chi connectivity index (χ1) is 30.8. The van der Waals surface area contributed by atoms with Crippen molar-refractivity contribution in [2.75, 3.05) is 0 Å². The molecule has 0 nitrogen and oxygen atoms in total. The van der Waals surface area contributed by atoms with Crippen molar-refractivity contribution in [1.29, 1.82) is 0 Å². The van der Waals surface area contributed by atoms with E-state index in [1.165, 1.54) is 282 Å². The lowest BCUT2D eigenvalue weighted by molar-refractivity contribution is 0.302. The van der Waals surface area contributed by atoms with Crippen molar-refractivity contribution < 1.29 is 0 Å². The van der Waals surface area contributed by atoms with Crippen LogP contribution in [-0.4, -0.2) is 0 Å². The fraction of sp³-hybridized carbons (Fsp3) is 0.969. The maximum atomic E-state index is 3.91. The lowest BCUT2D eigenvalue weighted by Gasteiger charge is -2.21. The summed E-state index contributed by atoms with van der Waals surface area (Å²) in [4.78, 5) is 0. The van der Waals surface area contributed by atoms with Gasteiger partial charge in [0.2, 0.25) is 0 Å². The number of hydrogen-bond donors (Lipinski definition) is 0. The molecule has 0 aromatic heterocycles. The first-order valence-electron chi connectivity index (χ1n) is 30.4. The molecule has 0 amide bonds. The van der Waals surface area contributed by atoms with Gasteiger partial charge in [-0.3, -0.25) is 0 Å². The van der Waals surface area contributed by atoms with E-state index in [-0.39, 0.29) is 0 Å². The zero-order valence-electron chi connectivity index (χ0n) is 49.3. The molecule has 0 saturated carbocycles. The summed E-state index contributed by atoms with van der Waals surface area (Å²) in [6, 6.07) is 0. The maximum absolute atomic E-state index is 3.91. The third-order valence-corrected chi connectivity index (χ3v) is 12.7. The molecule has 0 fully saturated rings. The van der Waals surface area contributed by atoms with Gasteiger partial charge in [-0.15, -0.1) is 0 Å². The summed E-state index contributed by atoms with van der Waals surface area (Å²) >= 11 is 0. The Morgan fingerprint density at radius 2 is 0.516 bits per heavy atom. The van der Waals surface area contributed by atoms with Crippen molar-refractivity contribution in [1.82, 2.24) is 0 Å². The molecular weight excluding hydrogens is 769 g/mol. The largest absolute Gasteiger partial charge is 0.0999 e. The van der Waals surface area contributed by atoms with Gasteiger partial charge in [-0.1, -0.05) is 379 Å². The second-order valence-electron chi connectivity index (χ2n) is 21.8. The zero-order valence-corrected chi connectivity index (χ0v) is 49.3. The van der Waals surface area contributed by atoms with Gasteiger partial charge < -0.3 is 0 Å². The van der Waals surface area contributed by atoms with E-state index in [2.05, 4.69) is 117 Å². The highest BCUT2D eigenvalue weighted by atomic mass is 14.2. The van der Waals surface area contributed by atoms with E-state index in [0.29, 0.717) is 5.41 Å². The summed E-state index contributed by atoms with van der Waals surface area (Å²) in [5.74, 6) is 1.62. The summed E-state index contributed by atoms with van der Waals surface area (Å²) in [5.41, 5.74) is 1.85. The smallest absolute Gasteiger partial charge is 0.0237 e. The lowest BCUT2D eigenvalue weighted by atomic mass is 9.84. The Hall–Kier alpha value is -0.260. The minimum Gasteiger partial charge on any atom is -0.0999 e. The van der Waals surface area contributed by atoms with E-state index >= 15 is 0 Å². The van der Waals surface area contributed by atoms with E-state index in [9.17, 15) is 0 Å². The SMILES string of the molecule is C=C(C)C(C)CCCC.CCC.CCC(C)CC(C)(C)C.CCCC.CCCCCCCCCCCCCCCCCCC.CCCCCCCCCCCCCCCCCCCC. The van der Waals surface area contributed by atoms with Crippen molar-refractivity contribution >= 4 is 0 Å². The van der Waals surface area contributed by atoms with Gasteiger partial charge in [-0.2, -0.15) is 0 Å². The number of hydrogen-bond acceptors (Lipinski definition) is 0. The predicted octanol–water partition coefficient (Wildman–Crippen LogP) is 25.8. The van der Waals surface area contributed by atoms with Crippen LogP contribution in [0.5, 0.6) is 0 Å². The zero-order chi connectivity index (χ0) is 49.6. The number of unbranched alkanes of at least 4 members (excludes halogenated alkanes) is 35. The van der Waals surface area contributed by atoms with Gasteiger partial charge in [0.1, 0.15) is 0 Å². The molecule has 0 bridgehead atoms. The molecule has 394 valence electrons. The van der Waals surface area contributed by atoms with E-state index < -0.39 is 0 Å². The Morgan fingerprint density at radius 1 is 0.328 bits per heavy atom. The van der Waals surface area contributed by atoms with Gasteiger partial charge in [0, 0.05) is 0 Å². The van der Waals surface area contributed by atoms with Crippen LogP contribution < -0.4 is 0 Å². The van der Waals surface area contributed by atoms with Crippen LogP contribution >= 0.6 is 0 Å². The van der Waals surface area contributed by atoms with E-state index in [1.807, 2.05) is 0 Å². The highest BCUT2D eigenvalue weighted by molar-refractivity contribution is 4.93. The molecule has 0 aliphatic rings. The topological polar surface area (TPSA) is 0 Å². The Morgan fingerprint density at radius 3 is 0.625 bits per heavy atom. The molecule has 0 aromatic rings. The van der Waals surface area contributed by atoms with Crippen molar-refractivity contribution in [3.63, 3.8) is 0 Å². The van der Waals surface area contributed by atoms with Gasteiger partial charge in [0.15, 0.2) is 0 Å². The molecule has 0 aliphatic carbocycles. The van der Waals surface area contributed by atoms with Crippen molar-refractivity contribution in [3.8, 4) is 0 Å². The second kappa shape index (κ2) is 71.7. The minimum atomic E-state index is 0.523. The third kappa shape index (κ3) is 95.9. The summed E-state index contributed by atoms with van der Waals surface area (Å²) in [6.45, 7) is 39.8. The van der Waals surface area contributed by atoms with Gasteiger partial charge in [-0.05, 0) is 37.0 Å². The van der Waals surface area contributed by atoms with Gasteiger partial charge in [0.05, 0.1) is 0 Å². The molecule has 0 radical (unpaired) electrons. The Balaban J connectivity index is -0.000000175. The van der Waals surface area contributed by atoms with Crippen molar-refractivity contribution in [2.45, 2.75) is 387 Å².